The highest BCUT2D eigenvalue weighted by Crippen LogP contribution is 2.36. The summed E-state index contributed by atoms with van der Waals surface area (Å²) in [5.74, 6) is 0.646. The number of rotatable bonds is 4. The van der Waals surface area contributed by atoms with Gasteiger partial charge in [-0.05, 0) is 56.7 Å². The van der Waals surface area contributed by atoms with Crippen LogP contribution in [0.5, 0.6) is 5.75 Å². The summed E-state index contributed by atoms with van der Waals surface area (Å²) in [6, 6.07) is 12.4. The third-order valence-electron chi connectivity index (χ3n) is 4.29. The van der Waals surface area contributed by atoms with Crippen LogP contribution in [0.15, 0.2) is 42.5 Å². The molecule has 0 saturated carbocycles. The summed E-state index contributed by atoms with van der Waals surface area (Å²) in [6.45, 7) is 5.59. The SMILES string of the molecule is Cc1cc(OC(C)c2sc(-c3ccc(C(F)(F)F)cc3)nc2C)ccc1C#N. The van der Waals surface area contributed by atoms with Crippen LogP contribution in [-0.4, -0.2) is 4.98 Å². The Bertz CT molecular complexity index is 1030. The first-order valence-corrected chi connectivity index (χ1v) is 9.33. The summed E-state index contributed by atoms with van der Waals surface area (Å²) in [4.78, 5) is 5.39. The van der Waals surface area contributed by atoms with Gasteiger partial charge in [-0.25, -0.2) is 4.98 Å². The number of aromatic nitrogens is 1. The Labute approximate surface area is 165 Å². The van der Waals surface area contributed by atoms with Gasteiger partial charge < -0.3 is 4.74 Å². The molecule has 7 heteroatoms. The lowest BCUT2D eigenvalue weighted by molar-refractivity contribution is -0.137. The van der Waals surface area contributed by atoms with Crippen molar-refractivity contribution in [1.29, 1.82) is 5.26 Å². The van der Waals surface area contributed by atoms with Gasteiger partial charge in [0.2, 0.25) is 0 Å². The van der Waals surface area contributed by atoms with Crippen LogP contribution >= 0.6 is 11.3 Å². The molecule has 0 bridgehead atoms. The van der Waals surface area contributed by atoms with Gasteiger partial charge >= 0.3 is 6.18 Å². The van der Waals surface area contributed by atoms with E-state index in [4.69, 9.17) is 10.00 Å². The van der Waals surface area contributed by atoms with Crippen molar-refractivity contribution in [2.75, 3.05) is 0 Å². The number of ether oxygens (including phenoxy) is 1. The molecule has 3 aromatic rings. The monoisotopic (exact) mass is 402 g/mol. The molecule has 0 N–H and O–H groups in total. The molecule has 1 atom stereocenters. The number of halogens is 3. The Balaban J connectivity index is 1.81. The highest BCUT2D eigenvalue weighted by atomic mass is 32.1. The number of nitriles is 1. The summed E-state index contributed by atoms with van der Waals surface area (Å²) in [5.41, 5.74) is 2.15. The number of thiazole rings is 1. The summed E-state index contributed by atoms with van der Waals surface area (Å²) in [6.07, 6.45) is -4.64. The second-order valence-electron chi connectivity index (χ2n) is 6.39. The highest BCUT2D eigenvalue weighted by molar-refractivity contribution is 7.15. The van der Waals surface area contributed by atoms with E-state index in [2.05, 4.69) is 11.1 Å². The number of aryl methyl sites for hydroxylation is 2. The van der Waals surface area contributed by atoms with Crippen molar-refractivity contribution in [1.82, 2.24) is 4.98 Å². The van der Waals surface area contributed by atoms with Crippen molar-refractivity contribution in [2.45, 2.75) is 33.1 Å². The van der Waals surface area contributed by atoms with E-state index in [0.29, 0.717) is 21.9 Å². The van der Waals surface area contributed by atoms with Crippen molar-refractivity contribution < 1.29 is 17.9 Å². The predicted octanol–water partition coefficient (Wildman–Crippen LogP) is 6.46. The largest absolute Gasteiger partial charge is 0.485 e. The van der Waals surface area contributed by atoms with E-state index in [1.165, 1.54) is 23.5 Å². The van der Waals surface area contributed by atoms with Crippen molar-refractivity contribution in [2.24, 2.45) is 0 Å². The molecule has 28 heavy (non-hydrogen) atoms. The molecule has 2 aromatic carbocycles. The molecular formula is C21H17F3N2OS. The lowest BCUT2D eigenvalue weighted by atomic mass is 10.1. The first kappa shape index (κ1) is 19.9. The second kappa shape index (κ2) is 7.64. The van der Waals surface area contributed by atoms with E-state index in [-0.39, 0.29) is 6.10 Å². The molecule has 0 saturated heterocycles. The van der Waals surface area contributed by atoms with Gasteiger partial charge in [-0.2, -0.15) is 18.4 Å². The molecule has 0 spiro atoms. The van der Waals surface area contributed by atoms with Crippen LogP contribution in [0.3, 0.4) is 0 Å². The summed E-state index contributed by atoms with van der Waals surface area (Å²) < 4.78 is 44.2. The quantitative estimate of drug-likeness (QED) is 0.503. The molecule has 3 rings (SSSR count). The Kier molecular flexibility index (Phi) is 5.43. The maximum atomic E-state index is 12.7. The molecule has 0 amide bonds. The molecule has 0 aliphatic rings. The van der Waals surface area contributed by atoms with Gasteiger partial charge in [0.05, 0.1) is 27.8 Å². The van der Waals surface area contributed by atoms with E-state index < -0.39 is 11.7 Å². The molecule has 0 fully saturated rings. The van der Waals surface area contributed by atoms with E-state index in [1.54, 1.807) is 12.1 Å². The Hall–Kier alpha value is -2.85. The Morgan fingerprint density at radius 3 is 2.36 bits per heavy atom. The maximum Gasteiger partial charge on any atom is 0.416 e. The molecule has 0 aliphatic carbocycles. The number of alkyl halides is 3. The molecule has 0 radical (unpaired) electrons. The highest BCUT2D eigenvalue weighted by Gasteiger charge is 2.30. The minimum absolute atomic E-state index is 0.284. The topological polar surface area (TPSA) is 45.9 Å². The lowest BCUT2D eigenvalue weighted by Crippen LogP contribution is -2.03. The fourth-order valence-electron chi connectivity index (χ4n) is 2.80. The molecular weight excluding hydrogens is 385 g/mol. The van der Waals surface area contributed by atoms with Crippen LogP contribution in [-0.2, 0) is 6.18 Å². The van der Waals surface area contributed by atoms with Gasteiger partial charge in [0.25, 0.3) is 0 Å². The zero-order valence-corrected chi connectivity index (χ0v) is 16.3. The fourth-order valence-corrected chi connectivity index (χ4v) is 3.86. The zero-order valence-electron chi connectivity index (χ0n) is 15.5. The summed E-state index contributed by atoms with van der Waals surface area (Å²) in [7, 11) is 0. The number of benzene rings is 2. The van der Waals surface area contributed by atoms with Gasteiger partial charge in [-0.1, -0.05) is 12.1 Å². The minimum atomic E-state index is -4.36. The zero-order chi connectivity index (χ0) is 20.5. The number of hydrogen-bond acceptors (Lipinski definition) is 4. The molecule has 0 aliphatic heterocycles. The van der Waals surface area contributed by atoms with Gasteiger partial charge in [-0.3, -0.25) is 0 Å². The second-order valence-corrected chi connectivity index (χ2v) is 7.42. The van der Waals surface area contributed by atoms with Gasteiger partial charge in [0.1, 0.15) is 16.9 Å². The summed E-state index contributed by atoms with van der Waals surface area (Å²) >= 11 is 1.40. The third-order valence-corrected chi connectivity index (χ3v) is 5.66. The van der Waals surface area contributed by atoms with Crippen molar-refractivity contribution in [3.05, 3.63) is 69.7 Å². The fraction of sp³-hybridized carbons (Fsp3) is 0.238. The van der Waals surface area contributed by atoms with E-state index in [1.807, 2.05) is 26.8 Å². The number of hydrogen-bond donors (Lipinski definition) is 0. The average molecular weight is 402 g/mol. The van der Waals surface area contributed by atoms with Crippen LogP contribution in [0.25, 0.3) is 10.6 Å². The van der Waals surface area contributed by atoms with Crippen LogP contribution in [0.2, 0.25) is 0 Å². The van der Waals surface area contributed by atoms with Crippen molar-refractivity contribution in [3.8, 4) is 22.4 Å². The molecule has 1 aromatic heterocycles. The third kappa shape index (κ3) is 4.18. The van der Waals surface area contributed by atoms with Crippen LogP contribution in [0.4, 0.5) is 13.2 Å². The standard InChI is InChI=1S/C21H17F3N2OS/c1-12-10-18(9-6-16(12)11-25)27-14(3)19-13(2)26-20(28-19)15-4-7-17(8-5-15)21(22,23)24/h4-10,14H,1-3H3. The van der Waals surface area contributed by atoms with E-state index >= 15 is 0 Å². The number of nitrogens with zero attached hydrogens (tertiary/aromatic N) is 2. The molecule has 1 heterocycles. The van der Waals surface area contributed by atoms with Gasteiger partial charge in [0, 0.05) is 5.56 Å². The predicted molar refractivity (Wildman–Crippen MR) is 102 cm³/mol. The van der Waals surface area contributed by atoms with Crippen LogP contribution in [0, 0.1) is 25.2 Å². The van der Waals surface area contributed by atoms with E-state index in [0.717, 1.165) is 28.3 Å². The van der Waals surface area contributed by atoms with Crippen LogP contribution < -0.4 is 4.74 Å². The first-order valence-electron chi connectivity index (χ1n) is 8.51. The van der Waals surface area contributed by atoms with Gasteiger partial charge in [0.15, 0.2) is 0 Å². The van der Waals surface area contributed by atoms with Gasteiger partial charge in [-0.15, -0.1) is 11.3 Å². The first-order chi connectivity index (χ1) is 13.2. The van der Waals surface area contributed by atoms with E-state index in [9.17, 15) is 13.2 Å². The average Bonchev–Trinajstić information content (AvgIpc) is 3.03. The minimum Gasteiger partial charge on any atom is -0.485 e. The Morgan fingerprint density at radius 2 is 1.79 bits per heavy atom. The molecule has 3 nitrogen and oxygen atoms in total. The molecule has 144 valence electrons. The lowest BCUT2D eigenvalue weighted by Gasteiger charge is -2.14. The van der Waals surface area contributed by atoms with Crippen molar-refractivity contribution >= 4 is 11.3 Å². The smallest absolute Gasteiger partial charge is 0.416 e. The molecule has 1 unspecified atom stereocenters. The van der Waals surface area contributed by atoms with Crippen molar-refractivity contribution in [3.63, 3.8) is 0 Å². The maximum absolute atomic E-state index is 12.7. The summed E-state index contributed by atoms with van der Waals surface area (Å²) in [5, 5.41) is 9.66. The Morgan fingerprint density at radius 1 is 1.11 bits per heavy atom. The van der Waals surface area contributed by atoms with Crippen LogP contribution in [0.1, 0.15) is 40.3 Å². The normalized spacial score (nSPS) is 12.5.